The Balaban J connectivity index is 1.71. The first-order valence-electron chi connectivity index (χ1n) is 12.4. The molecule has 1 aliphatic heterocycles. The first-order chi connectivity index (χ1) is 16.7. The number of fused-ring (bicyclic) bond motifs is 1. The molecule has 1 saturated heterocycles. The lowest BCUT2D eigenvalue weighted by molar-refractivity contribution is -0.143. The SMILES string of the molecule is CCc1ccc([C@@H](C(=O)NC(C)(C)C)N(C[C@@H]2CCCO2)C(=O)Cn2nnc3ccccc32)cc1. The van der Waals surface area contributed by atoms with Crippen LogP contribution in [-0.2, 0) is 27.3 Å². The van der Waals surface area contributed by atoms with Crippen LogP contribution in [-0.4, -0.2) is 56.5 Å². The highest BCUT2D eigenvalue weighted by Crippen LogP contribution is 2.26. The molecule has 8 nitrogen and oxygen atoms in total. The molecule has 8 heteroatoms. The van der Waals surface area contributed by atoms with E-state index in [1.807, 2.05) is 69.3 Å². The van der Waals surface area contributed by atoms with E-state index < -0.39 is 11.6 Å². The summed E-state index contributed by atoms with van der Waals surface area (Å²) in [6.07, 6.45) is 2.60. The van der Waals surface area contributed by atoms with Crippen molar-refractivity contribution in [1.29, 1.82) is 0 Å². The lowest BCUT2D eigenvalue weighted by Crippen LogP contribution is -2.51. The number of rotatable bonds is 8. The number of amides is 2. The van der Waals surface area contributed by atoms with Gasteiger partial charge in [-0.2, -0.15) is 0 Å². The normalized spacial score (nSPS) is 16.9. The zero-order valence-corrected chi connectivity index (χ0v) is 21.0. The van der Waals surface area contributed by atoms with Crippen molar-refractivity contribution in [2.45, 2.75) is 71.2 Å². The molecule has 0 spiro atoms. The molecule has 1 aromatic heterocycles. The molecule has 2 heterocycles. The van der Waals surface area contributed by atoms with Crippen LogP contribution in [0.4, 0.5) is 0 Å². The number of para-hydroxylation sites is 1. The van der Waals surface area contributed by atoms with E-state index in [2.05, 4.69) is 22.6 Å². The lowest BCUT2D eigenvalue weighted by Gasteiger charge is -2.35. The highest BCUT2D eigenvalue weighted by Gasteiger charge is 2.35. The fourth-order valence-corrected chi connectivity index (χ4v) is 4.46. The summed E-state index contributed by atoms with van der Waals surface area (Å²) in [5, 5.41) is 11.5. The number of nitrogens with one attached hydrogen (secondary N) is 1. The van der Waals surface area contributed by atoms with Gasteiger partial charge in [0.15, 0.2) is 0 Å². The maximum atomic E-state index is 13.9. The van der Waals surface area contributed by atoms with Crippen LogP contribution in [0, 0.1) is 0 Å². The van der Waals surface area contributed by atoms with Gasteiger partial charge in [0.1, 0.15) is 18.1 Å². The fraction of sp³-hybridized carbons (Fsp3) is 0.481. The molecule has 35 heavy (non-hydrogen) atoms. The number of hydrogen-bond donors (Lipinski definition) is 1. The van der Waals surface area contributed by atoms with E-state index in [1.165, 1.54) is 5.56 Å². The van der Waals surface area contributed by atoms with Gasteiger partial charge in [0.25, 0.3) is 0 Å². The van der Waals surface area contributed by atoms with Crippen LogP contribution < -0.4 is 5.32 Å². The van der Waals surface area contributed by atoms with Crippen LogP contribution in [0.5, 0.6) is 0 Å². The van der Waals surface area contributed by atoms with Crippen molar-refractivity contribution in [3.8, 4) is 0 Å². The van der Waals surface area contributed by atoms with Crippen molar-refractivity contribution in [2.24, 2.45) is 0 Å². The van der Waals surface area contributed by atoms with E-state index >= 15 is 0 Å². The smallest absolute Gasteiger partial charge is 0.247 e. The van der Waals surface area contributed by atoms with E-state index in [9.17, 15) is 9.59 Å². The molecule has 0 bridgehead atoms. The van der Waals surface area contributed by atoms with Crippen LogP contribution >= 0.6 is 0 Å². The van der Waals surface area contributed by atoms with E-state index in [0.29, 0.717) is 13.2 Å². The summed E-state index contributed by atoms with van der Waals surface area (Å²) in [5.74, 6) is -0.415. The van der Waals surface area contributed by atoms with Crippen LogP contribution in [0.2, 0.25) is 0 Å². The molecule has 0 aliphatic carbocycles. The van der Waals surface area contributed by atoms with Gasteiger partial charge >= 0.3 is 0 Å². The van der Waals surface area contributed by atoms with Gasteiger partial charge < -0.3 is 15.0 Å². The average molecular weight is 478 g/mol. The Hall–Kier alpha value is -3.26. The minimum absolute atomic E-state index is 0.0143. The van der Waals surface area contributed by atoms with E-state index in [1.54, 1.807) is 9.58 Å². The molecule has 1 fully saturated rings. The molecule has 0 saturated carbocycles. The second kappa shape index (κ2) is 10.6. The number of nitrogens with zero attached hydrogens (tertiary/aromatic N) is 4. The number of carbonyl (C=O) groups excluding carboxylic acids is 2. The molecule has 0 radical (unpaired) electrons. The third-order valence-corrected chi connectivity index (χ3v) is 6.21. The largest absolute Gasteiger partial charge is 0.376 e. The van der Waals surface area contributed by atoms with Gasteiger partial charge in [0.05, 0.1) is 11.6 Å². The first-order valence-corrected chi connectivity index (χ1v) is 12.4. The molecule has 1 N–H and O–H groups in total. The minimum atomic E-state index is -0.786. The van der Waals surface area contributed by atoms with E-state index in [0.717, 1.165) is 35.9 Å². The van der Waals surface area contributed by atoms with Crippen molar-refractivity contribution in [1.82, 2.24) is 25.2 Å². The summed E-state index contributed by atoms with van der Waals surface area (Å²) in [5.41, 5.74) is 3.01. The predicted octanol–water partition coefficient (Wildman–Crippen LogP) is 3.66. The van der Waals surface area contributed by atoms with Crippen LogP contribution in [0.1, 0.15) is 57.7 Å². The Morgan fingerprint density at radius 1 is 1.17 bits per heavy atom. The van der Waals surface area contributed by atoms with E-state index in [-0.39, 0.29) is 24.5 Å². The molecule has 4 rings (SSSR count). The fourth-order valence-electron chi connectivity index (χ4n) is 4.46. The van der Waals surface area contributed by atoms with Crippen molar-refractivity contribution >= 4 is 22.8 Å². The van der Waals surface area contributed by atoms with Gasteiger partial charge in [-0.1, -0.05) is 48.5 Å². The quantitative estimate of drug-likeness (QED) is 0.535. The summed E-state index contributed by atoms with van der Waals surface area (Å²) >= 11 is 0. The molecule has 2 atom stereocenters. The number of aromatic nitrogens is 3. The zero-order chi connectivity index (χ0) is 25.0. The summed E-state index contributed by atoms with van der Waals surface area (Å²) in [7, 11) is 0. The average Bonchev–Trinajstić information content (AvgIpc) is 3.48. The number of benzene rings is 2. The summed E-state index contributed by atoms with van der Waals surface area (Å²) in [6, 6.07) is 14.7. The van der Waals surface area contributed by atoms with E-state index in [4.69, 9.17) is 4.74 Å². The number of ether oxygens (including phenoxy) is 1. The summed E-state index contributed by atoms with van der Waals surface area (Å²) < 4.78 is 7.48. The molecular formula is C27H35N5O3. The van der Waals surface area contributed by atoms with Gasteiger partial charge in [0, 0.05) is 18.7 Å². The van der Waals surface area contributed by atoms with Gasteiger partial charge in [-0.15, -0.1) is 5.10 Å². The number of carbonyl (C=O) groups is 2. The molecule has 2 amide bonds. The Morgan fingerprint density at radius 2 is 1.91 bits per heavy atom. The number of aryl methyl sites for hydroxylation is 1. The monoisotopic (exact) mass is 477 g/mol. The van der Waals surface area contributed by atoms with Gasteiger partial charge in [-0.25, -0.2) is 4.68 Å². The maximum Gasteiger partial charge on any atom is 0.247 e. The Labute approximate surface area is 206 Å². The predicted molar refractivity (Wildman–Crippen MR) is 135 cm³/mol. The molecule has 186 valence electrons. The molecular weight excluding hydrogens is 442 g/mol. The standard InChI is InChI=1S/C27H35N5O3/c1-5-19-12-14-20(15-13-19)25(26(34)28-27(2,3)4)31(17-21-9-8-16-35-21)24(33)18-32-23-11-7-6-10-22(23)29-30-32/h6-7,10-15,21,25H,5,8-9,16-18H2,1-4H3,(H,28,34)/t21-,25-/m0/s1. The number of hydrogen-bond acceptors (Lipinski definition) is 5. The summed E-state index contributed by atoms with van der Waals surface area (Å²) in [6.45, 7) is 8.91. The third-order valence-electron chi connectivity index (χ3n) is 6.21. The van der Waals surface area contributed by atoms with Gasteiger partial charge in [0.2, 0.25) is 11.8 Å². The minimum Gasteiger partial charge on any atom is -0.376 e. The van der Waals surface area contributed by atoms with Gasteiger partial charge in [-0.3, -0.25) is 9.59 Å². The zero-order valence-electron chi connectivity index (χ0n) is 21.0. The van der Waals surface area contributed by atoms with Crippen LogP contribution in [0.3, 0.4) is 0 Å². The first kappa shape index (κ1) is 24.9. The van der Waals surface area contributed by atoms with Crippen molar-refractivity contribution in [3.05, 3.63) is 59.7 Å². The second-order valence-electron chi connectivity index (χ2n) is 10.2. The van der Waals surface area contributed by atoms with Crippen molar-refractivity contribution in [2.75, 3.05) is 13.2 Å². The highest BCUT2D eigenvalue weighted by atomic mass is 16.5. The lowest BCUT2D eigenvalue weighted by atomic mass is 9.99. The van der Waals surface area contributed by atoms with Crippen LogP contribution in [0.15, 0.2) is 48.5 Å². The maximum absolute atomic E-state index is 13.9. The van der Waals surface area contributed by atoms with Crippen molar-refractivity contribution in [3.63, 3.8) is 0 Å². The highest BCUT2D eigenvalue weighted by molar-refractivity contribution is 5.89. The van der Waals surface area contributed by atoms with Gasteiger partial charge in [-0.05, 0) is 63.3 Å². The second-order valence-corrected chi connectivity index (χ2v) is 10.2. The molecule has 2 aromatic carbocycles. The molecule has 1 aliphatic rings. The third kappa shape index (κ3) is 6.06. The topological polar surface area (TPSA) is 89.4 Å². The Kier molecular flexibility index (Phi) is 7.50. The Bertz CT molecular complexity index is 1160. The molecule has 3 aromatic rings. The molecule has 0 unspecified atom stereocenters. The Morgan fingerprint density at radius 3 is 2.57 bits per heavy atom. The van der Waals surface area contributed by atoms with Crippen molar-refractivity contribution < 1.29 is 14.3 Å². The van der Waals surface area contributed by atoms with Crippen LogP contribution in [0.25, 0.3) is 11.0 Å². The summed E-state index contributed by atoms with van der Waals surface area (Å²) in [4.78, 5) is 29.2.